The zero-order valence-corrected chi connectivity index (χ0v) is 12.2. The van der Waals surface area contributed by atoms with E-state index in [1.165, 1.54) is 22.6 Å². The SMILES string of the molecule is Cc1ccc(-c2c[n+](CC(N)=O)c3n2CCC3)cc1.[Cl-]. The molecule has 0 bridgehead atoms. The highest BCUT2D eigenvalue weighted by atomic mass is 35.5. The molecule has 0 atom stereocenters. The minimum atomic E-state index is -0.291. The minimum Gasteiger partial charge on any atom is -1.00 e. The number of hydrogen-bond acceptors (Lipinski definition) is 1. The van der Waals surface area contributed by atoms with Gasteiger partial charge in [0.1, 0.15) is 6.20 Å². The van der Waals surface area contributed by atoms with Crippen molar-refractivity contribution in [1.29, 1.82) is 0 Å². The molecule has 20 heavy (non-hydrogen) atoms. The molecule has 2 aromatic rings. The second-order valence-corrected chi connectivity index (χ2v) is 5.15. The van der Waals surface area contributed by atoms with Crippen LogP contribution in [-0.2, 0) is 24.3 Å². The molecule has 1 aromatic heterocycles. The third-order valence-corrected chi connectivity index (χ3v) is 3.67. The number of amides is 1. The van der Waals surface area contributed by atoms with Crippen molar-refractivity contribution in [2.24, 2.45) is 5.73 Å². The lowest BCUT2D eigenvalue weighted by Gasteiger charge is -1.99. The molecule has 2 N–H and O–H groups in total. The van der Waals surface area contributed by atoms with Crippen molar-refractivity contribution in [2.45, 2.75) is 32.9 Å². The summed E-state index contributed by atoms with van der Waals surface area (Å²) in [5.41, 5.74) is 8.94. The maximum absolute atomic E-state index is 11.2. The third-order valence-electron chi connectivity index (χ3n) is 3.67. The molecule has 3 rings (SSSR count). The van der Waals surface area contributed by atoms with Crippen molar-refractivity contribution in [3.8, 4) is 11.3 Å². The number of imidazole rings is 1. The molecule has 1 aliphatic rings. The van der Waals surface area contributed by atoms with E-state index in [4.69, 9.17) is 5.73 Å². The first kappa shape index (κ1) is 14.6. The molecule has 1 aromatic carbocycles. The number of fused-ring (bicyclic) bond motifs is 1. The summed E-state index contributed by atoms with van der Waals surface area (Å²) in [6.45, 7) is 3.37. The Hall–Kier alpha value is -1.81. The van der Waals surface area contributed by atoms with Gasteiger partial charge in [0.25, 0.3) is 11.7 Å². The molecule has 0 unspecified atom stereocenters. The fourth-order valence-corrected chi connectivity index (χ4v) is 2.77. The number of nitrogens with zero attached hydrogens (tertiary/aromatic N) is 2. The van der Waals surface area contributed by atoms with Gasteiger partial charge in [-0.3, -0.25) is 4.79 Å². The smallest absolute Gasteiger partial charge is 0.259 e. The van der Waals surface area contributed by atoms with E-state index >= 15 is 0 Å². The Morgan fingerprint density at radius 1 is 1.35 bits per heavy atom. The number of carbonyl (C=O) groups excluding carboxylic acids is 1. The molecule has 0 aliphatic carbocycles. The Balaban J connectivity index is 0.00000147. The number of halogens is 1. The van der Waals surface area contributed by atoms with Crippen LogP contribution < -0.4 is 22.7 Å². The van der Waals surface area contributed by atoms with Gasteiger partial charge >= 0.3 is 0 Å². The monoisotopic (exact) mass is 291 g/mol. The van der Waals surface area contributed by atoms with Gasteiger partial charge in [-0.05, 0) is 13.3 Å². The summed E-state index contributed by atoms with van der Waals surface area (Å²) in [6.07, 6.45) is 4.19. The molecule has 4 nitrogen and oxygen atoms in total. The van der Waals surface area contributed by atoms with E-state index in [9.17, 15) is 4.79 Å². The summed E-state index contributed by atoms with van der Waals surface area (Å²) in [7, 11) is 0. The molecule has 0 spiro atoms. The summed E-state index contributed by atoms with van der Waals surface area (Å²) in [5, 5.41) is 0. The van der Waals surface area contributed by atoms with E-state index in [1.807, 2.05) is 10.8 Å². The van der Waals surface area contributed by atoms with Gasteiger partial charge in [0.05, 0.1) is 13.0 Å². The van der Waals surface area contributed by atoms with Crippen LogP contribution in [0.3, 0.4) is 0 Å². The largest absolute Gasteiger partial charge is 1.00 e. The van der Waals surface area contributed by atoms with Crippen molar-refractivity contribution in [3.63, 3.8) is 0 Å². The zero-order chi connectivity index (χ0) is 13.4. The quantitative estimate of drug-likeness (QED) is 0.666. The maximum Gasteiger partial charge on any atom is 0.259 e. The van der Waals surface area contributed by atoms with Crippen LogP contribution in [0.5, 0.6) is 0 Å². The minimum absolute atomic E-state index is 0. The van der Waals surface area contributed by atoms with Crippen molar-refractivity contribution >= 4 is 5.91 Å². The van der Waals surface area contributed by atoms with Crippen LogP contribution in [0.25, 0.3) is 11.3 Å². The van der Waals surface area contributed by atoms with Gasteiger partial charge in [-0.2, -0.15) is 0 Å². The molecule has 1 aliphatic heterocycles. The molecular weight excluding hydrogens is 274 g/mol. The normalized spacial score (nSPS) is 12.8. The molecule has 1 amide bonds. The van der Waals surface area contributed by atoms with Gasteiger partial charge in [0, 0.05) is 5.56 Å². The predicted molar refractivity (Wildman–Crippen MR) is 72.3 cm³/mol. The predicted octanol–water partition coefficient (Wildman–Crippen LogP) is -1.81. The molecule has 0 saturated heterocycles. The Kier molecular flexibility index (Phi) is 4.14. The molecule has 0 fully saturated rings. The van der Waals surface area contributed by atoms with Gasteiger partial charge in [0.2, 0.25) is 0 Å². The lowest BCUT2D eigenvalue weighted by Crippen LogP contribution is -3.00. The average Bonchev–Trinajstić information content (AvgIpc) is 2.94. The summed E-state index contributed by atoms with van der Waals surface area (Å²) in [6, 6.07) is 8.49. The highest BCUT2D eigenvalue weighted by Crippen LogP contribution is 2.24. The zero-order valence-electron chi connectivity index (χ0n) is 11.5. The van der Waals surface area contributed by atoms with Gasteiger partial charge in [0.15, 0.2) is 12.2 Å². The van der Waals surface area contributed by atoms with Crippen molar-refractivity contribution in [1.82, 2.24) is 4.57 Å². The number of rotatable bonds is 3. The number of aromatic nitrogens is 2. The van der Waals surface area contributed by atoms with Crippen LogP contribution in [0.4, 0.5) is 0 Å². The Labute approximate surface area is 124 Å². The van der Waals surface area contributed by atoms with E-state index in [0.717, 1.165) is 19.4 Å². The van der Waals surface area contributed by atoms with E-state index in [0.29, 0.717) is 0 Å². The van der Waals surface area contributed by atoms with E-state index in [2.05, 4.69) is 35.8 Å². The van der Waals surface area contributed by atoms with Crippen molar-refractivity contribution in [2.75, 3.05) is 0 Å². The van der Waals surface area contributed by atoms with Gasteiger partial charge in [-0.25, -0.2) is 9.13 Å². The first-order valence-corrected chi connectivity index (χ1v) is 6.62. The van der Waals surface area contributed by atoms with Crippen LogP contribution in [0.2, 0.25) is 0 Å². The summed E-state index contributed by atoms with van der Waals surface area (Å²) >= 11 is 0. The van der Waals surface area contributed by atoms with E-state index in [-0.39, 0.29) is 24.9 Å². The molecule has 106 valence electrons. The van der Waals surface area contributed by atoms with E-state index in [1.54, 1.807) is 0 Å². The number of benzene rings is 1. The Bertz CT molecular complexity index is 631. The lowest BCUT2D eigenvalue weighted by molar-refractivity contribution is -0.690. The number of carbonyl (C=O) groups is 1. The van der Waals surface area contributed by atoms with Gasteiger partial charge in [-0.1, -0.05) is 29.8 Å². The van der Waals surface area contributed by atoms with Crippen LogP contribution in [-0.4, -0.2) is 10.5 Å². The van der Waals surface area contributed by atoms with Gasteiger partial charge < -0.3 is 18.1 Å². The number of aryl methyl sites for hydroxylation is 1. The van der Waals surface area contributed by atoms with E-state index < -0.39 is 0 Å². The highest BCUT2D eigenvalue weighted by molar-refractivity contribution is 5.72. The maximum atomic E-state index is 11.2. The molecule has 2 heterocycles. The van der Waals surface area contributed by atoms with Crippen molar-refractivity contribution in [3.05, 3.63) is 41.9 Å². The topological polar surface area (TPSA) is 51.9 Å². The first-order valence-electron chi connectivity index (χ1n) is 6.62. The fourth-order valence-electron chi connectivity index (χ4n) is 2.77. The first-order chi connectivity index (χ1) is 9.15. The van der Waals surface area contributed by atoms with Crippen LogP contribution in [0.1, 0.15) is 17.8 Å². The average molecular weight is 292 g/mol. The second-order valence-electron chi connectivity index (χ2n) is 5.15. The fraction of sp³-hybridized carbons (Fsp3) is 0.333. The Morgan fingerprint density at radius 2 is 2.05 bits per heavy atom. The van der Waals surface area contributed by atoms with Crippen molar-refractivity contribution < 1.29 is 21.8 Å². The van der Waals surface area contributed by atoms with Crippen LogP contribution in [0, 0.1) is 6.92 Å². The standard InChI is InChI=1S/C15H17N3O.ClH/c1-11-4-6-12(7-5-11)13-9-17(10-14(16)19)15-3-2-8-18(13)15;/h4-7,9H,2-3,8,10H2,1H3,(H-,16,19);1H. The van der Waals surface area contributed by atoms with Crippen LogP contribution >= 0.6 is 0 Å². The van der Waals surface area contributed by atoms with Crippen LogP contribution in [0.15, 0.2) is 30.5 Å². The third kappa shape index (κ3) is 2.56. The summed E-state index contributed by atoms with van der Waals surface area (Å²) < 4.78 is 4.29. The second kappa shape index (κ2) is 5.67. The van der Waals surface area contributed by atoms with Gasteiger partial charge in [-0.15, -0.1) is 0 Å². The molecular formula is C15H18ClN3O. The summed E-state index contributed by atoms with van der Waals surface area (Å²) in [5.74, 6) is 0.912. The summed E-state index contributed by atoms with van der Waals surface area (Å²) in [4.78, 5) is 11.2. The molecule has 0 radical (unpaired) electrons. The number of hydrogen-bond donors (Lipinski definition) is 1. The molecule has 5 heteroatoms. The Morgan fingerprint density at radius 3 is 2.70 bits per heavy atom. The number of primary amides is 1. The molecule has 0 saturated carbocycles. The lowest BCUT2D eigenvalue weighted by atomic mass is 10.1. The highest BCUT2D eigenvalue weighted by Gasteiger charge is 2.29. The number of nitrogens with two attached hydrogens (primary N) is 1.